The number of nitrogens with two attached hydrogens (primary N) is 1. The van der Waals surface area contributed by atoms with Crippen molar-refractivity contribution in [2.45, 2.75) is 38.3 Å². The van der Waals surface area contributed by atoms with Crippen LogP contribution in [-0.4, -0.2) is 29.2 Å². The van der Waals surface area contributed by atoms with Crippen LogP contribution >= 0.6 is 15.9 Å². The lowest BCUT2D eigenvalue weighted by Gasteiger charge is -2.28. The molecule has 0 radical (unpaired) electrons. The molecule has 0 spiro atoms. The van der Waals surface area contributed by atoms with Gasteiger partial charge < -0.3 is 10.8 Å². The van der Waals surface area contributed by atoms with Crippen LogP contribution in [0.2, 0.25) is 0 Å². The molecule has 0 heterocycles. The van der Waals surface area contributed by atoms with Crippen LogP contribution in [0.3, 0.4) is 0 Å². The molecular weight excluding hydrogens is 292 g/mol. The summed E-state index contributed by atoms with van der Waals surface area (Å²) in [6, 6.07) is 6.65. The van der Waals surface area contributed by atoms with Crippen molar-refractivity contribution < 1.29 is 5.11 Å². The summed E-state index contributed by atoms with van der Waals surface area (Å²) in [6.45, 7) is 1.79. The highest BCUT2D eigenvalue weighted by molar-refractivity contribution is 9.10. The largest absolute Gasteiger partial charge is 0.398 e. The topological polar surface area (TPSA) is 49.5 Å². The van der Waals surface area contributed by atoms with Gasteiger partial charge in [-0.25, -0.2) is 0 Å². The van der Waals surface area contributed by atoms with Crippen molar-refractivity contribution in [1.29, 1.82) is 0 Å². The lowest BCUT2D eigenvalue weighted by atomic mass is 10.1. The molecule has 1 aliphatic carbocycles. The molecule has 1 saturated carbocycles. The van der Waals surface area contributed by atoms with Crippen LogP contribution in [0.1, 0.15) is 31.2 Å². The lowest BCUT2D eigenvalue weighted by molar-refractivity contribution is 0.145. The van der Waals surface area contributed by atoms with Crippen LogP contribution < -0.4 is 5.73 Å². The molecule has 0 aliphatic heterocycles. The van der Waals surface area contributed by atoms with Gasteiger partial charge in [0.05, 0.1) is 6.61 Å². The number of benzene rings is 1. The van der Waals surface area contributed by atoms with E-state index in [2.05, 4.69) is 26.9 Å². The first-order chi connectivity index (χ1) is 8.70. The molecule has 0 aromatic heterocycles. The van der Waals surface area contributed by atoms with Crippen molar-refractivity contribution in [2.24, 2.45) is 0 Å². The van der Waals surface area contributed by atoms with Crippen LogP contribution in [0, 0.1) is 0 Å². The Morgan fingerprint density at radius 1 is 1.33 bits per heavy atom. The average molecular weight is 313 g/mol. The Bertz CT molecular complexity index is 391. The number of anilines is 1. The van der Waals surface area contributed by atoms with Gasteiger partial charge in [-0.2, -0.15) is 0 Å². The van der Waals surface area contributed by atoms with Crippen LogP contribution in [0.4, 0.5) is 5.69 Å². The fraction of sp³-hybridized carbons (Fsp3) is 0.571. The summed E-state index contributed by atoms with van der Waals surface area (Å²) in [5, 5.41) is 9.21. The maximum absolute atomic E-state index is 9.21. The van der Waals surface area contributed by atoms with Crippen molar-refractivity contribution in [1.82, 2.24) is 4.90 Å². The van der Waals surface area contributed by atoms with Gasteiger partial charge in [0.15, 0.2) is 0 Å². The number of hydrogen-bond acceptors (Lipinski definition) is 3. The molecule has 4 heteroatoms. The number of aliphatic hydroxyl groups is 1. The van der Waals surface area contributed by atoms with Gasteiger partial charge in [-0.05, 0) is 30.5 Å². The first-order valence-corrected chi connectivity index (χ1v) is 7.39. The normalized spacial score (nSPS) is 16.6. The molecule has 0 unspecified atom stereocenters. The minimum atomic E-state index is 0.215. The number of hydrogen-bond donors (Lipinski definition) is 2. The highest BCUT2D eigenvalue weighted by atomic mass is 79.9. The van der Waals surface area contributed by atoms with E-state index < -0.39 is 0 Å². The van der Waals surface area contributed by atoms with E-state index in [0.717, 1.165) is 28.8 Å². The van der Waals surface area contributed by atoms with E-state index in [9.17, 15) is 5.11 Å². The van der Waals surface area contributed by atoms with Gasteiger partial charge in [0, 0.05) is 29.3 Å². The van der Waals surface area contributed by atoms with Crippen LogP contribution in [0.15, 0.2) is 22.7 Å². The molecule has 3 N–H and O–H groups in total. The molecule has 0 amide bonds. The molecule has 0 bridgehead atoms. The van der Waals surface area contributed by atoms with Gasteiger partial charge in [0.1, 0.15) is 0 Å². The fourth-order valence-corrected chi connectivity index (χ4v) is 3.10. The van der Waals surface area contributed by atoms with Crippen molar-refractivity contribution in [3.05, 3.63) is 28.2 Å². The van der Waals surface area contributed by atoms with Crippen LogP contribution in [0.5, 0.6) is 0 Å². The second-order valence-electron chi connectivity index (χ2n) is 4.98. The predicted octanol–water partition coefficient (Wildman–Crippen LogP) is 2.77. The first-order valence-electron chi connectivity index (χ1n) is 6.59. The van der Waals surface area contributed by atoms with Crippen molar-refractivity contribution in [2.75, 3.05) is 18.9 Å². The average Bonchev–Trinajstić information content (AvgIpc) is 2.85. The van der Waals surface area contributed by atoms with Crippen molar-refractivity contribution in [3.63, 3.8) is 0 Å². The van der Waals surface area contributed by atoms with E-state index in [1.54, 1.807) is 0 Å². The standard InChI is InChI=1S/C14H21BrN2O/c15-12-6-5-11(14(16)9-12)10-17(7-8-18)13-3-1-2-4-13/h5-6,9,13,18H,1-4,7-8,10,16H2. The van der Waals surface area contributed by atoms with Gasteiger partial charge >= 0.3 is 0 Å². The van der Waals surface area contributed by atoms with E-state index in [1.807, 2.05) is 12.1 Å². The van der Waals surface area contributed by atoms with E-state index >= 15 is 0 Å². The van der Waals surface area contributed by atoms with Crippen molar-refractivity contribution >= 4 is 21.6 Å². The van der Waals surface area contributed by atoms with Gasteiger partial charge in [0.2, 0.25) is 0 Å². The Morgan fingerprint density at radius 3 is 2.67 bits per heavy atom. The maximum Gasteiger partial charge on any atom is 0.0558 e. The molecule has 0 saturated heterocycles. The lowest BCUT2D eigenvalue weighted by Crippen LogP contribution is -2.35. The van der Waals surface area contributed by atoms with E-state index in [1.165, 1.54) is 25.7 Å². The second-order valence-corrected chi connectivity index (χ2v) is 5.89. The summed E-state index contributed by atoms with van der Waals surface area (Å²) < 4.78 is 1.01. The van der Waals surface area contributed by atoms with Gasteiger partial charge in [0.25, 0.3) is 0 Å². The molecule has 18 heavy (non-hydrogen) atoms. The second kappa shape index (κ2) is 6.55. The Hall–Kier alpha value is -0.580. The quantitative estimate of drug-likeness (QED) is 0.822. The third-order valence-electron chi connectivity index (χ3n) is 3.71. The molecule has 1 aliphatic rings. The molecule has 1 fully saturated rings. The highest BCUT2D eigenvalue weighted by Gasteiger charge is 2.22. The first kappa shape index (κ1) is 13.8. The number of aliphatic hydroxyl groups excluding tert-OH is 1. The number of halogens is 1. The van der Waals surface area contributed by atoms with Gasteiger partial charge in [-0.15, -0.1) is 0 Å². The molecule has 100 valence electrons. The van der Waals surface area contributed by atoms with Gasteiger partial charge in [-0.1, -0.05) is 34.8 Å². The molecule has 3 nitrogen and oxygen atoms in total. The molecular formula is C14H21BrN2O. The third kappa shape index (κ3) is 3.46. The van der Waals surface area contributed by atoms with Crippen LogP contribution in [-0.2, 0) is 6.54 Å². The maximum atomic E-state index is 9.21. The molecule has 1 aromatic rings. The highest BCUT2D eigenvalue weighted by Crippen LogP contribution is 2.26. The number of rotatable bonds is 5. The van der Waals surface area contributed by atoms with Crippen molar-refractivity contribution in [3.8, 4) is 0 Å². The Morgan fingerprint density at radius 2 is 2.06 bits per heavy atom. The minimum absolute atomic E-state index is 0.215. The SMILES string of the molecule is Nc1cc(Br)ccc1CN(CCO)C1CCCC1. The predicted molar refractivity (Wildman–Crippen MR) is 78.3 cm³/mol. The monoisotopic (exact) mass is 312 g/mol. The summed E-state index contributed by atoms with van der Waals surface area (Å²) in [6.07, 6.45) is 5.11. The Labute approximate surface area is 117 Å². The Balaban J connectivity index is 2.07. The smallest absolute Gasteiger partial charge is 0.0558 e. The number of nitrogens with zero attached hydrogens (tertiary/aromatic N) is 1. The Kier molecular flexibility index (Phi) is 5.03. The summed E-state index contributed by atoms with van der Waals surface area (Å²) in [5.74, 6) is 0. The molecule has 0 atom stereocenters. The zero-order chi connectivity index (χ0) is 13.0. The van der Waals surface area contributed by atoms with E-state index in [4.69, 9.17) is 5.73 Å². The number of nitrogen functional groups attached to an aromatic ring is 1. The van der Waals surface area contributed by atoms with Gasteiger partial charge in [-0.3, -0.25) is 4.90 Å². The zero-order valence-electron chi connectivity index (χ0n) is 10.6. The summed E-state index contributed by atoms with van der Waals surface area (Å²) in [7, 11) is 0. The molecule has 1 aromatic carbocycles. The third-order valence-corrected chi connectivity index (χ3v) is 4.20. The summed E-state index contributed by atoms with van der Waals surface area (Å²) in [4.78, 5) is 2.37. The summed E-state index contributed by atoms with van der Waals surface area (Å²) >= 11 is 3.43. The summed E-state index contributed by atoms with van der Waals surface area (Å²) in [5.41, 5.74) is 8.02. The van der Waals surface area contributed by atoms with E-state index in [-0.39, 0.29) is 6.61 Å². The molecule has 2 rings (SSSR count). The van der Waals surface area contributed by atoms with E-state index in [0.29, 0.717) is 6.04 Å². The fourth-order valence-electron chi connectivity index (χ4n) is 2.72. The van der Waals surface area contributed by atoms with Crippen LogP contribution in [0.25, 0.3) is 0 Å². The zero-order valence-corrected chi connectivity index (χ0v) is 12.2. The minimum Gasteiger partial charge on any atom is -0.398 e.